The van der Waals surface area contributed by atoms with Crippen LogP contribution in [0.1, 0.15) is 5.69 Å². The smallest absolute Gasteiger partial charge is 0.138 e. The normalized spacial score (nSPS) is 10.4. The number of aromatic nitrogens is 4. The number of hydrogen-bond acceptors (Lipinski definition) is 3. The first kappa shape index (κ1) is 10.6. The zero-order valence-electron chi connectivity index (χ0n) is 9.74. The van der Waals surface area contributed by atoms with Crippen molar-refractivity contribution in [1.29, 1.82) is 0 Å². The molecule has 0 aliphatic heterocycles. The lowest BCUT2D eigenvalue weighted by molar-refractivity contribution is 0.877. The number of nitrogens with zero attached hydrogens (tertiary/aromatic N) is 3. The molecule has 90 valence electrons. The van der Waals surface area contributed by atoms with E-state index in [1.54, 1.807) is 11.0 Å². The average Bonchev–Trinajstić information content (AvgIpc) is 3.10. The van der Waals surface area contributed by atoms with E-state index in [9.17, 15) is 0 Å². The molecule has 0 saturated heterocycles. The van der Waals surface area contributed by atoms with E-state index in [1.165, 1.54) is 6.33 Å². The highest BCUT2D eigenvalue weighted by Crippen LogP contribution is 2.19. The predicted molar refractivity (Wildman–Crippen MR) is 69.5 cm³/mol. The Morgan fingerprint density at radius 1 is 1.17 bits per heavy atom. The Morgan fingerprint density at radius 2 is 2.11 bits per heavy atom. The van der Waals surface area contributed by atoms with Crippen LogP contribution in [-0.4, -0.2) is 19.7 Å². The molecule has 0 saturated carbocycles. The van der Waals surface area contributed by atoms with Crippen molar-refractivity contribution in [2.75, 3.05) is 5.32 Å². The van der Waals surface area contributed by atoms with Crippen molar-refractivity contribution in [3.63, 3.8) is 0 Å². The van der Waals surface area contributed by atoms with Gasteiger partial charge in [-0.2, -0.15) is 5.10 Å². The number of anilines is 1. The third-order valence-electron chi connectivity index (χ3n) is 2.70. The van der Waals surface area contributed by atoms with E-state index in [-0.39, 0.29) is 0 Å². The summed E-state index contributed by atoms with van der Waals surface area (Å²) in [7, 11) is 0. The van der Waals surface area contributed by atoms with Crippen LogP contribution in [0.5, 0.6) is 0 Å². The van der Waals surface area contributed by atoms with Gasteiger partial charge in [0.25, 0.3) is 0 Å². The summed E-state index contributed by atoms with van der Waals surface area (Å²) in [5, 5.41) is 7.53. The van der Waals surface area contributed by atoms with Crippen molar-refractivity contribution < 1.29 is 0 Å². The first-order chi connectivity index (χ1) is 8.93. The van der Waals surface area contributed by atoms with Crippen molar-refractivity contribution in [2.45, 2.75) is 6.54 Å². The summed E-state index contributed by atoms with van der Waals surface area (Å²) in [6, 6.07) is 12.0. The van der Waals surface area contributed by atoms with Crippen LogP contribution in [0.3, 0.4) is 0 Å². The standard InChI is InChI=1S/C13H13N5/c1-2-6-13(18-10-14-9-17-18)12(5-1)16-8-11-4-3-7-15-11/h1-7,9-10,15-16H,8H2. The van der Waals surface area contributed by atoms with E-state index in [1.807, 2.05) is 42.6 Å². The van der Waals surface area contributed by atoms with E-state index >= 15 is 0 Å². The quantitative estimate of drug-likeness (QED) is 0.733. The van der Waals surface area contributed by atoms with Crippen LogP contribution >= 0.6 is 0 Å². The van der Waals surface area contributed by atoms with Gasteiger partial charge >= 0.3 is 0 Å². The van der Waals surface area contributed by atoms with Crippen molar-refractivity contribution in [3.8, 4) is 5.69 Å². The molecule has 18 heavy (non-hydrogen) atoms. The number of rotatable bonds is 4. The molecule has 0 radical (unpaired) electrons. The Hall–Kier alpha value is -2.56. The fourth-order valence-corrected chi connectivity index (χ4v) is 1.82. The zero-order chi connectivity index (χ0) is 12.2. The third-order valence-corrected chi connectivity index (χ3v) is 2.70. The molecule has 0 bridgehead atoms. The minimum absolute atomic E-state index is 0.749. The van der Waals surface area contributed by atoms with E-state index in [0.717, 1.165) is 23.6 Å². The molecule has 0 fully saturated rings. The lowest BCUT2D eigenvalue weighted by atomic mass is 10.2. The molecule has 5 heteroatoms. The van der Waals surface area contributed by atoms with E-state index in [2.05, 4.69) is 20.4 Å². The van der Waals surface area contributed by atoms with Gasteiger partial charge in [0.05, 0.1) is 17.9 Å². The molecule has 0 amide bonds. The lowest BCUT2D eigenvalue weighted by Crippen LogP contribution is -2.04. The summed E-state index contributed by atoms with van der Waals surface area (Å²) in [5.74, 6) is 0. The van der Waals surface area contributed by atoms with Gasteiger partial charge in [0, 0.05) is 11.9 Å². The zero-order valence-corrected chi connectivity index (χ0v) is 9.74. The molecule has 5 nitrogen and oxygen atoms in total. The molecule has 0 aliphatic carbocycles. The van der Waals surface area contributed by atoms with Gasteiger partial charge in [-0.15, -0.1) is 0 Å². The monoisotopic (exact) mass is 239 g/mol. The van der Waals surface area contributed by atoms with Crippen molar-refractivity contribution >= 4 is 5.69 Å². The number of aromatic amines is 1. The molecule has 2 aromatic heterocycles. The minimum Gasteiger partial charge on any atom is -0.378 e. The number of benzene rings is 1. The van der Waals surface area contributed by atoms with Gasteiger partial charge in [-0.3, -0.25) is 0 Å². The molecular formula is C13H13N5. The van der Waals surface area contributed by atoms with E-state index < -0.39 is 0 Å². The van der Waals surface area contributed by atoms with Gasteiger partial charge < -0.3 is 10.3 Å². The Kier molecular flexibility index (Phi) is 2.79. The molecule has 0 spiro atoms. The summed E-state index contributed by atoms with van der Waals surface area (Å²) in [6.45, 7) is 0.749. The van der Waals surface area contributed by atoms with Crippen LogP contribution in [-0.2, 0) is 6.54 Å². The third kappa shape index (κ3) is 2.10. The maximum absolute atomic E-state index is 4.15. The molecule has 2 heterocycles. The SMILES string of the molecule is c1c[nH]c(CNc2ccccc2-n2cncn2)c1. The largest absolute Gasteiger partial charge is 0.378 e. The van der Waals surface area contributed by atoms with Gasteiger partial charge in [0.1, 0.15) is 12.7 Å². The lowest BCUT2D eigenvalue weighted by Gasteiger charge is -2.10. The molecule has 2 N–H and O–H groups in total. The van der Waals surface area contributed by atoms with E-state index in [0.29, 0.717) is 0 Å². The van der Waals surface area contributed by atoms with Crippen LogP contribution < -0.4 is 5.32 Å². The fourth-order valence-electron chi connectivity index (χ4n) is 1.82. The highest BCUT2D eigenvalue weighted by molar-refractivity contribution is 5.60. The number of para-hydroxylation sites is 2. The van der Waals surface area contributed by atoms with Gasteiger partial charge in [0.2, 0.25) is 0 Å². The molecule has 0 unspecified atom stereocenters. The molecule has 0 atom stereocenters. The summed E-state index contributed by atoms with van der Waals surface area (Å²) in [6.07, 6.45) is 5.14. The van der Waals surface area contributed by atoms with Crippen molar-refractivity contribution in [1.82, 2.24) is 19.7 Å². The highest BCUT2D eigenvalue weighted by Gasteiger charge is 2.04. The summed E-state index contributed by atoms with van der Waals surface area (Å²) < 4.78 is 1.75. The first-order valence-electron chi connectivity index (χ1n) is 5.73. The second kappa shape index (κ2) is 4.75. The van der Waals surface area contributed by atoms with Gasteiger partial charge in [0.15, 0.2) is 0 Å². The van der Waals surface area contributed by atoms with Crippen molar-refractivity contribution in [2.24, 2.45) is 0 Å². The molecule has 3 rings (SSSR count). The summed E-state index contributed by atoms with van der Waals surface area (Å²) in [4.78, 5) is 7.13. The summed E-state index contributed by atoms with van der Waals surface area (Å²) >= 11 is 0. The molecule has 0 aliphatic rings. The Morgan fingerprint density at radius 3 is 2.89 bits per heavy atom. The first-order valence-corrected chi connectivity index (χ1v) is 5.73. The van der Waals surface area contributed by atoms with Gasteiger partial charge in [-0.25, -0.2) is 9.67 Å². The molecule has 1 aromatic carbocycles. The Labute approximate surface area is 104 Å². The second-order valence-corrected chi connectivity index (χ2v) is 3.91. The Bertz CT molecular complexity index is 598. The second-order valence-electron chi connectivity index (χ2n) is 3.91. The minimum atomic E-state index is 0.749. The van der Waals surface area contributed by atoms with Crippen molar-refractivity contribution in [3.05, 3.63) is 60.9 Å². The average molecular weight is 239 g/mol. The van der Waals surface area contributed by atoms with Crippen LogP contribution in [0.4, 0.5) is 5.69 Å². The maximum atomic E-state index is 4.15. The fraction of sp³-hybridized carbons (Fsp3) is 0.0769. The van der Waals surface area contributed by atoms with Crippen LogP contribution in [0, 0.1) is 0 Å². The summed E-state index contributed by atoms with van der Waals surface area (Å²) in [5.41, 5.74) is 3.16. The van der Waals surface area contributed by atoms with Gasteiger partial charge in [-0.05, 0) is 24.3 Å². The number of H-pyrrole nitrogens is 1. The highest BCUT2D eigenvalue weighted by atomic mass is 15.3. The van der Waals surface area contributed by atoms with Gasteiger partial charge in [-0.1, -0.05) is 12.1 Å². The molecule has 3 aromatic rings. The predicted octanol–water partition coefficient (Wildman–Crippen LogP) is 2.21. The molecular weight excluding hydrogens is 226 g/mol. The maximum Gasteiger partial charge on any atom is 0.138 e. The van der Waals surface area contributed by atoms with Crippen LogP contribution in [0.25, 0.3) is 5.69 Å². The van der Waals surface area contributed by atoms with Crippen LogP contribution in [0.15, 0.2) is 55.2 Å². The van der Waals surface area contributed by atoms with Crippen LogP contribution in [0.2, 0.25) is 0 Å². The number of hydrogen-bond donors (Lipinski definition) is 2. The topological polar surface area (TPSA) is 58.5 Å². The Balaban J connectivity index is 1.84. The van der Waals surface area contributed by atoms with E-state index in [4.69, 9.17) is 0 Å². The number of nitrogens with one attached hydrogen (secondary N) is 2.